The van der Waals surface area contributed by atoms with Crippen LogP contribution in [0.3, 0.4) is 0 Å². The Kier molecular flexibility index (Phi) is 3.93. The molecule has 1 rings (SSSR count). The van der Waals surface area contributed by atoms with Gasteiger partial charge in [0.15, 0.2) is 0 Å². The van der Waals surface area contributed by atoms with Gasteiger partial charge in [-0.1, -0.05) is 22.0 Å². The number of rotatable bonds is 3. The predicted molar refractivity (Wildman–Crippen MR) is 67.0 cm³/mol. The van der Waals surface area contributed by atoms with Crippen LogP contribution >= 0.6 is 15.9 Å². The van der Waals surface area contributed by atoms with E-state index >= 15 is 0 Å². The van der Waals surface area contributed by atoms with E-state index in [1.54, 1.807) is 0 Å². The van der Waals surface area contributed by atoms with Gasteiger partial charge in [0, 0.05) is 4.47 Å². The molecule has 1 aromatic rings. The van der Waals surface area contributed by atoms with E-state index in [9.17, 15) is 5.11 Å². The quantitative estimate of drug-likeness (QED) is 0.886. The van der Waals surface area contributed by atoms with Crippen LogP contribution < -0.4 is 5.32 Å². The summed E-state index contributed by atoms with van der Waals surface area (Å²) < 4.78 is 1.03. The van der Waals surface area contributed by atoms with Gasteiger partial charge in [0.25, 0.3) is 0 Å². The molecule has 0 aliphatic carbocycles. The van der Waals surface area contributed by atoms with Crippen LogP contribution in [-0.4, -0.2) is 17.8 Å². The Hall–Kier alpha value is -0.380. The van der Waals surface area contributed by atoms with Gasteiger partial charge < -0.3 is 10.4 Å². The third kappa shape index (κ3) is 3.03. The molecule has 1 atom stereocenters. The fourth-order valence-corrected chi connectivity index (χ4v) is 2.19. The summed E-state index contributed by atoms with van der Waals surface area (Å²) in [6.45, 7) is 5.68. The van der Waals surface area contributed by atoms with Gasteiger partial charge in [0.05, 0.1) is 11.6 Å². The standard InChI is InChI=1S/C12H18BrNO/c1-8-5-6-9(13)7-10(8)11(14-4)12(2,3)15/h5-7,11,14-15H,1-4H3. The van der Waals surface area contributed by atoms with E-state index in [1.165, 1.54) is 5.56 Å². The normalized spacial score (nSPS) is 14.0. The number of benzene rings is 1. The molecule has 0 heterocycles. The summed E-state index contributed by atoms with van der Waals surface area (Å²) in [5, 5.41) is 13.2. The molecule has 1 aromatic carbocycles. The highest BCUT2D eigenvalue weighted by Crippen LogP contribution is 2.29. The zero-order chi connectivity index (χ0) is 11.6. The monoisotopic (exact) mass is 271 g/mol. The lowest BCUT2D eigenvalue weighted by Crippen LogP contribution is -2.37. The molecule has 1 unspecified atom stereocenters. The van der Waals surface area contributed by atoms with Crippen LogP contribution in [0.15, 0.2) is 22.7 Å². The maximum Gasteiger partial charge on any atom is 0.0785 e. The highest BCUT2D eigenvalue weighted by Gasteiger charge is 2.27. The topological polar surface area (TPSA) is 32.3 Å². The summed E-state index contributed by atoms with van der Waals surface area (Å²) in [5.74, 6) is 0. The number of likely N-dealkylation sites (N-methyl/N-ethyl adjacent to an activating group) is 1. The fraction of sp³-hybridized carbons (Fsp3) is 0.500. The van der Waals surface area contributed by atoms with Gasteiger partial charge in [-0.15, -0.1) is 0 Å². The molecule has 0 aliphatic rings. The lowest BCUT2D eigenvalue weighted by atomic mass is 9.89. The third-order valence-electron chi connectivity index (χ3n) is 2.55. The maximum absolute atomic E-state index is 10.1. The largest absolute Gasteiger partial charge is 0.388 e. The van der Waals surface area contributed by atoms with Gasteiger partial charge in [-0.3, -0.25) is 0 Å². The Bertz CT molecular complexity index is 344. The highest BCUT2D eigenvalue weighted by molar-refractivity contribution is 9.10. The first-order valence-corrected chi connectivity index (χ1v) is 5.81. The van der Waals surface area contributed by atoms with Crippen LogP contribution in [0.4, 0.5) is 0 Å². The van der Waals surface area contributed by atoms with Crippen molar-refractivity contribution in [1.82, 2.24) is 5.32 Å². The van der Waals surface area contributed by atoms with Crippen LogP contribution in [0.5, 0.6) is 0 Å². The van der Waals surface area contributed by atoms with Crippen LogP contribution in [-0.2, 0) is 0 Å². The van der Waals surface area contributed by atoms with Crippen LogP contribution in [0.1, 0.15) is 31.0 Å². The predicted octanol–water partition coefficient (Wildman–Crippen LogP) is 2.79. The minimum atomic E-state index is -0.777. The summed E-state index contributed by atoms with van der Waals surface area (Å²) in [6.07, 6.45) is 0. The SMILES string of the molecule is CNC(c1cc(Br)ccc1C)C(C)(C)O. The lowest BCUT2D eigenvalue weighted by molar-refractivity contribution is 0.0398. The van der Waals surface area contributed by atoms with Gasteiger partial charge in [0.1, 0.15) is 0 Å². The van der Waals surface area contributed by atoms with Crippen LogP contribution in [0, 0.1) is 6.92 Å². The van der Waals surface area contributed by atoms with E-state index < -0.39 is 5.60 Å². The first kappa shape index (κ1) is 12.7. The molecule has 0 spiro atoms. The molecular formula is C12H18BrNO. The summed E-state index contributed by atoms with van der Waals surface area (Å²) in [5.41, 5.74) is 1.53. The summed E-state index contributed by atoms with van der Waals surface area (Å²) in [6, 6.07) is 6.05. The van der Waals surface area contributed by atoms with Crippen molar-refractivity contribution in [2.75, 3.05) is 7.05 Å². The molecule has 0 aliphatic heterocycles. The number of nitrogens with one attached hydrogen (secondary N) is 1. The first-order valence-electron chi connectivity index (χ1n) is 5.02. The number of halogens is 1. The van der Waals surface area contributed by atoms with Crippen molar-refractivity contribution in [3.63, 3.8) is 0 Å². The molecule has 0 bridgehead atoms. The van der Waals surface area contributed by atoms with Gasteiger partial charge >= 0.3 is 0 Å². The van der Waals surface area contributed by atoms with E-state index in [2.05, 4.69) is 40.3 Å². The summed E-state index contributed by atoms with van der Waals surface area (Å²) >= 11 is 3.45. The molecule has 0 fully saturated rings. The Balaban J connectivity index is 3.18. The zero-order valence-corrected chi connectivity index (χ0v) is 11.2. The molecule has 0 aromatic heterocycles. The van der Waals surface area contributed by atoms with Crippen molar-refractivity contribution in [2.24, 2.45) is 0 Å². The first-order chi connectivity index (χ1) is 6.86. The molecule has 2 N–H and O–H groups in total. The minimum absolute atomic E-state index is 0.0602. The Morgan fingerprint density at radius 3 is 2.47 bits per heavy atom. The third-order valence-corrected chi connectivity index (χ3v) is 3.04. The van der Waals surface area contributed by atoms with E-state index in [0.717, 1.165) is 10.0 Å². The average Bonchev–Trinajstić information content (AvgIpc) is 2.10. The second kappa shape index (κ2) is 4.64. The number of aliphatic hydroxyl groups is 1. The van der Waals surface area contributed by atoms with Crippen molar-refractivity contribution in [1.29, 1.82) is 0 Å². The van der Waals surface area contributed by atoms with Crippen LogP contribution in [0.2, 0.25) is 0 Å². The Morgan fingerprint density at radius 1 is 1.40 bits per heavy atom. The van der Waals surface area contributed by atoms with Gasteiger partial charge in [-0.05, 0) is 51.1 Å². The van der Waals surface area contributed by atoms with Crippen LogP contribution in [0.25, 0.3) is 0 Å². The lowest BCUT2D eigenvalue weighted by Gasteiger charge is -2.30. The van der Waals surface area contributed by atoms with Gasteiger partial charge in [0.2, 0.25) is 0 Å². The molecule has 0 radical (unpaired) electrons. The molecule has 0 saturated carbocycles. The second-order valence-electron chi connectivity index (χ2n) is 4.38. The second-order valence-corrected chi connectivity index (χ2v) is 5.29. The Labute approximate surface area is 99.8 Å². The van der Waals surface area contributed by atoms with Crippen molar-refractivity contribution in [3.8, 4) is 0 Å². The molecule has 3 heteroatoms. The van der Waals surface area contributed by atoms with Gasteiger partial charge in [-0.25, -0.2) is 0 Å². The van der Waals surface area contributed by atoms with Crippen molar-refractivity contribution in [3.05, 3.63) is 33.8 Å². The smallest absolute Gasteiger partial charge is 0.0785 e. The minimum Gasteiger partial charge on any atom is -0.388 e. The summed E-state index contributed by atoms with van der Waals surface area (Å²) in [7, 11) is 1.86. The van der Waals surface area contributed by atoms with E-state index in [1.807, 2.05) is 27.0 Å². The number of hydrogen-bond acceptors (Lipinski definition) is 2. The molecule has 2 nitrogen and oxygen atoms in total. The summed E-state index contributed by atoms with van der Waals surface area (Å²) in [4.78, 5) is 0. The van der Waals surface area contributed by atoms with Crippen molar-refractivity contribution < 1.29 is 5.11 Å². The van der Waals surface area contributed by atoms with Crippen molar-refractivity contribution in [2.45, 2.75) is 32.4 Å². The maximum atomic E-state index is 10.1. The van der Waals surface area contributed by atoms with Crippen molar-refractivity contribution >= 4 is 15.9 Å². The van der Waals surface area contributed by atoms with E-state index in [-0.39, 0.29) is 6.04 Å². The molecule has 0 amide bonds. The highest BCUT2D eigenvalue weighted by atomic mass is 79.9. The molecule has 15 heavy (non-hydrogen) atoms. The molecule has 0 saturated heterocycles. The Morgan fingerprint density at radius 2 is 2.00 bits per heavy atom. The zero-order valence-electron chi connectivity index (χ0n) is 9.63. The fourth-order valence-electron chi connectivity index (χ4n) is 1.81. The average molecular weight is 272 g/mol. The van der Waals surface area contributed by atoms with E-state index in [0.29, 0.717) is 0 Å². The number of hydrogen-bond donors (Lipinski definition) is 2. The molecular weight excluding hydrogens is 254 g/mol. The van der Waals surface area contributed by atoms with E-state index in [4.69, 9.17) is 0 Å². The number of aryl methyl sites for hydroxylation is 1. The van der Waals surface area contributed by atoms with Gasteiger partial charge in [-0.2, -0.15) is 0 Å². The molecule has 84 valence electrons.